The van der Waals surface area contributed by atoms with Crippen LogP contribution in [0.1, 0.15) is 60.9 Å². The van der Waals surface area contributed by atoms with E-state index >= 15 is 0 Å². The number of carboxylic acids is 1. The van der Waals surface area contributed by atoms with Crippen molar-refractivity contribution in [1.82, 2.24) is 9.88 Å². The molecule has 0 aromatic carbocycles. The average Bonchev–Trinajstić information content (AvgIpc) is 2.73. The SMILES string of the molecule is CC1CCCN(Cc2nc(C(C)(C)C)c(C(=O)O)s2)C1. The quantitative estimate of drug-likeness (QED) is 0.929. The summed E-state index contributed by atoms with van der Waals surface area (Å²) in [5, 5.41) is 10.3. The van der Waals surface area contributed by atoms with Gasteiger partial charge < -0.3 is 5.11 Å². The number of carbonyl (C=O) groups is 1. The molecule has 0 bridgehead atoms. The number of nitrogens with zero attached hydrogens (tertiary/aromatic N) is 2. The molecule has 1 fully saturated rings. The lowest BCUT2D eigenvalue weighted by molar-refractivity contribution is 0.0699. The van der Waals surface area contributed by atoms with Crippen molar-refractivity contribution in [3.63, 3.8) is 0 Å². The zero-order chi connectivity index (χ0) is 14.9. The second-order valence-electron chi connectivity index (χ2n) is 6.82. The topological polar surface area (TPSA) is 53.4 Å². The number of likely N-dealkylation sites (tertiary alicyclic amines) is 1. The average molecular weight is 296 g/mol. The number of carboxylic acid groups (broad SMARTS) is 1. The molecule has 1 unspecified atom stereocenters. The van der Waals surface area contributed by atoms with Crippen LogP contribution in [0.5, 0.6) is 0 Å². The van der Waals surface area contributed by atoms with Crippen LogP contribution in [0.4, 0.5) is 0 Å². The minimum Gasteiger partial charge on any atom is -0.477 e. The lowest BCUT2D eigenvalue weighted by atomic mass is 9.91. The molecule has 2 heterocycles. The highest BCUT2D eigenvalue weighted by Crippen LogP contribution is 2.30. The van der Waals surface area contributed by atoms with Crippen LogP contribution in [0.25, 0.3) is 0 Å². The fraction of sp³-hybridized carbons (Fsp3) is 0.733. The van der Waals surface area contributed by atoms with Gasteiger partial charge >= 0.3 is 5.97 Å². The predicted octanol–water partition coefficient (Wildman–Crippen LogP) is 3.37. The van der Waals surface area contributed by atoms with Crippen LogP contribution in [0, 0.1) is 5.92 Å². The molecule has 1 atom stereocenters. The van der Waals surface area contributed by atoms with E-state index < -0.39 is 5.97 Å². The molecule has 1 aliphatic heterocycles. The number of aromatic nitrogens is 1. The molecule has 0 radical (unpaired) electrons. The molecule has 1 aliphatic rings. The molecular formula is C15H24N2O2S. The molecule has 5 heteroatoms. The van der Waals surface area contributed by atoms with Gasteiger partial charge in [-0.2, -0.15) is 0 Å². The molecule has 1 aromatic rings. The van der Waals surface area contributed by atoms with Crippen molar-refractivity contribution in [3.05, 3.63) is 15.6 Å². The van der Waals surface area contributed by atoms with E-state index in [9.17, 15) is 9.90 Å². The Hall–Kier alpha value is -0.940. The molecule has 0 saturated carbocycles. The Labute approximate surface area is 124 Å². The standard InChI is InChI=1S/C15H24N2O2S/c1-10-6-5-7-17(8-10)9-11-16-13(15(2,3)4)12(20-11)14(18)19/h10H,5-9H2,1-4H3,(H,18,19). The van der Waals surface area contributed by atoms with Gasteiger partial charge in [0.15, 0.2) is 0 Å². The van der Waals surface area contributed by atoms with E-state index in [-0.39, 0.29) is 5.41 Å². The van der Waals surface area contributed by atoms with Gasteiger partial charge in [0.1, 0.15) is 9.88 Å². The summed E-state index contributed by atoms with van der Waals surface area (Å²) >= 11 is 1.34. The molecule has 0 aliphatic carbocycles. The Bertz CT molecular complexity index is 491. The first-order valence-corrected chi connectivity index (χ1v) is 8.05. The predicted molar refractivity (Wildman–Crippen MR) is 81.4 cm³/mol. The van der Waals surface area contributed by atoms with Gasteiger partial charge in [0.05, 0.1) is 12.2 Å². The first-order valence-electron chi connectivity index (χ1n) is 7.23. The molecule has 1 saturated heterocycles. The molecule has 1 aromatic heterocycles. The monoisotopic (exact) mass is 296 g/mol. The Morgan fingerprint density at radius 2 is 2.20 bits per heavy atom. The molecular weight excluding hydrogens is 272 g/mol. The number of hydrogen-bond donors (Lipinski definition) is 1. The summed E-state index contributed by atoms with van der Waals surface area (Å²) in [4.78, 5) is 18.8. The summed E-state index contributed by atoms with van der Waals surface area (Å²) in [6.07, 6.45) is 2.52. The van der Waals surface area contributed by atoms with Gasteiger partial charge in [0, 0.05) is 12.0 Å². The van der Waals surface area contributed by atoms with Crippen molar-refractivity contribution < 1.29 is 9.90 Å². The van der Waals surface area contributed by atoms with Crippen LogP contribution in [-0.4, -0.2) is 34.0 Å². The Morgan fingerprint density at radius 1 is 1.50 bits per heavy atom. The molecule has 1 N–H and O–H groups in total. The van der Waals surface area contributed by atoms with E-state index in [1.165, 1.54) is 24.2 Å². The summed E-state index contributed by atoms with van der Waals surface area (Å²) < 4.78 is 0. The minimum atomic E-state index is -0.856. The van der Waals surface area contributed by atoms with E-state index in [0.717, 1.165) is 36.3 Å². The zero-order valence-corrected chi connectivity index (χ0v) is 13.6. The van der Waals surface area contributed by atoms with Gasteiger partial charge in [-0.05, 0) is 25.3 Å². The van der Waals surface area contributed by atoms with Gasteiger partial charge in [-0.1, -0.05) is 27.7 Å². The largest absolute Gasteiger partial charge is 0.477 e. The molecule has 0 amide bonds. The number of aromatic carboxylic acids is 1. The number of piperidine rings is 1. The van der Waals surface area contributed by atoms with Gasteiger partial charge in [-0.25, -0.2) is 9.78 Å². The maximum absolute atomic E-state index is 11.4. The molecule has 4 nitrogen and oxygen atoms in total. The number of thiazole rings is 1. The smallest absolute Gasteiger partial charge is 0.347 e. The highest BCUT2D eigenvalue weighted by Gasteiger charge is 2.27. The third-order valence-corrected chi connectivity index (χ3v) is 4.70. The van der Waals surface area contributed by atoms with Crippen LogP contribution in [0.3, 0.4) is 0 Å². The third kappa shape index (κ3) is 3.58. The molecule has 112 valence electrons. The number of rotatable bonds is 3. The van der Waals surface area contributed by atoms with Crippen LogP contribution in [-0.2, 0) is 12.0 Å². The van der Waals surface area contributed by atoms with Crippen LogP contribution in [0.15, 0.2) is 0 Å². The van der Waals surface area contributed by atoms with Crippen molar-refractivity contribution >= 4 is 17.3 Å². The summed E-state index contributed by atoms with van der Waals surface area (Å²) in [6.45, 7) is 11.3. The van der Waals surface area contributed by atoms with E-state index in [2.05, 4.69) is 16.8 Å². The van der Waals surface area contributed by atoms with Crippen molar-refractivity contribution in [1.29, 1.82) is 0 Å². The third-order valence-electron chi connectivity index (χ3n) is 3.68. The summed E-state index contributed by atoms with van der Waals surface area (Å²) in [5.74, 6) is -0.129. The normalized spacial score (nSPS) is 21.1. The van der Waals surface area contributed by atoms with Crippen molar-refractivity contribution in [3.8, 4) is 0 Å². The minimum absolute atomic E-state index is 0.225. The fourth-order valence-corrected chi connectivity index (χ4v) is 3.86. The van der Waals surface area contributed by atoms with Gasteiger partial charge in [0.25, 0.3) is 0 Å². The van der Waals surface area contributed by atoms with E-state index in [4.69, 9.17) is 0 Å². The first kappa shape index (κ1) is 15.4. The zero-order valence-electron chi connectivity index (χ0n) is 12.8. The Balaban J connectivity index is 2.18. The molecule has 2 rings (SSSR count). The van der Waals surface area contributed by atoms with E-state index in [1.54, 1.807) is 0 Å². The van der Waals surface area contributed by atoms with Crippen molar-refractivity contribution in [2.75, 3.05) is 13.1 Å². The van der Waals surface area contributed by atoms with Crippen molar-refractivity contribution in [2.45, 2.75) is 52.5 Å². The van der Waals surface area contributed by atoms with Gasteiger partial charge in [-0.3, -0.25) is 4.90 Å². The second kappa shape index (κ2) is 5.82. The summed E-state index contributed by atoms with van der Waals surface area (Å²) in [5.41, 5.74) is 0.493. The first-order chi connectivity index (χ1) is 9.27. The van der Waals surface area contributed by atoms with Crippen LogP contribution < -0.4 is 0 Å². The van der Waals surface area contributed by atoms with E-state index in [0.29, 0.717) is 4.88 Å². The lowest BCUT2D eigenvalue weighted by Crippen LogP contribution is -2.33. The fourth-order valence-electron chi connectivity index (χ4n) is 2.71. The second-order valence-corrected chi connectivity index (χ2v) is 7.91. The van der Waals surface area contributed by atoms with Crippen LogP contribution >= 0.6 is 11.3 Å². The highest BCUT2D eigenvalue weighted by atomic mass is 32.1. The Morgan fingerprint density at radius 3 is 2.70 bits per heavy atom. The van der Waals surface area contributed by atoms with Gasteiger partial charge in [0.2, 0.25) is 0 Å². The van der Waals surface area contributed by atoms with Crippen molar-refractivity contribution in [2.24, 2.45) is 5.92 Å². The maximum Gasteiger partial charge on any atom is 0.347 e. The molecule has 20 heavy (non-hydrogen) atoms. The lowest BCUT2D eigenvalue weighted by Gasteiger charge is -2.29. The summed E-state index contributed by atoms with van der Waals surface area (Å²) in [6, 6.07) is 0. The number of hydrogen-bond acceptors (Lipinski definition) is 4. The maximum atomic E-state index is 11.4. The summed E-state index contributed by atoms with van der Waals surface area (Å²) in [7, 11) is 0. The van der Waals surface area contributed by atoms with E-state index in [1.807, 2.05) is 20.8 Å². The van der Waals surface area contributed by atoms with Crippen LogP contribution in [0.2, 0.25) is 0 Å². The highest BCUT2D eigenvalue weighted by molar-refractivity contribution is 7.13. The Kier molecular flexibility index (Phi) is 4.49. The molecule has 0 spiro atoms. The van der Waals surface area contributed by atoms with Gasteiger partial charge in [-0.15, -0.1) is 11.3 Å².